The van der Waals surface area contributed by atoms with E-state index in [2.05, 4.69) is 5.10 Å². The van der Waals surface area contributed by atoms with Gasteiger partial charge >= 0.3 is 0 Å². The Morgan fingerprint density at radius 1 is 1.53 bits per heavy atom. The minimum absolute atomic E-state index is 0.147. The molecular weight excluding hydrogens is 271 g/mol. The molecule has 0 bridgehead atoms. The second kappa shape index (κ2) is 5.59. The Hall–Kier alpha value is -1.59. The summed E-state index contributed by atoms with van der Waals surface area (Å²) in [5.41, 5.74) is 1.22. The fourth-order valence-corrected chi connectivity index (χ4v) is 1.91. The Morgan fingerprint density at radius 2 is 2.26 bits per heavy atom. The highest BCUT2D eigenvalue weighted by Gasteiger charge is 2.14. The first-order valence-electron chi connectivity index (χ1n) is 5.72. The zero-order valence-electron chi connectivity index (χ0n) is 10.6. The molecule has 2 rings (SSSR count). The van der Waals surface area contributed by atoms with Crippen LogP contribution in [-0.4, -0.2) is 22.0 Å². The number of benzene rings is 1. The first-order chi connectivity index (χ1) is 9.02. The molecule has 0 aliphatic rings. The summed E-state index contributed by atoms with van der Waals surface area (Å²) >= 11 is 5.88. The Balaban J connectivity index is 2.18. The lowest BCUT2D eigenvalue weighted by molar-refractivity contribution is 0.150. The zero-order chi connectivity index (χ0) is 14.0. The van der Waals surface area contributed by atoms with Crippen molar-refractivity contribution in [1.29, 1.82) is 0 Å². The van der Waals surface area contributed by atoms with Gasteiger partial charge in [0, 0.05) is 0 Å². The van der Waals surface area contributed by atoms with Crippen LogP contribution in [0.2, 0.25) is 5.02 Å². The topological polar surface area (TPSA) is 47.3 Å². The largest absolute Gasteiger partial charge is 0.494 e. The number of methoxy groups -OCH3 is 1. The maximum absolute atomic E-state index is 13.6. The van der Waals surface area contributed by atoms with Gasteiger partial charge in [0.15, 0.2) is 11.6 Å². The van der Waals surface area contributed by atoms with E-state index in [1.54, 1.807) is 17.7 Å². The number of halogens is 2. The standard InChI is InChI=1S/C13H14ClFN2O2/c1-8-10(14)6-16-17(8)7-12(18)9-3-4-13(19-2)11(15)5-9/h3-6,12,18H,7H2,1-2H3. The predicted molar refractivity (Wildman–Crippen MR) is 69.9 cm³/mol. The highest BCUT2D eigenvalue weighted by Crippen LogP contribution is 2.23. The van der Waals surface area contributed by atoms with Gasteiger partial charge in [-0.05, 0) is 24.6 Å². The fraction of sp³-hybridized carbons (Fsp3) is 0.308. The van der Waals surface area contributed by atoms with Crippen molar-refractivity contribution in [3.63, 3.8) is 0 Å². The van der Waals surface area contributed by atoms with Crippen LogP contribution in [0.25, 0.3) is 0 Å². The summed E-state index contributed by atoms with van der Waals surface area (Å²) < 4.78 is 20.0. The maximum atomic E-state index is 13.6. The predicted octanol–water partition coefficient (Wildman–Crippen LogP) is 2.73. The molecule has 2 aromatic rings. The van der Waals surface area contributed by atoms with E-state index in [1.807, 2.05) is 0 Å². The van der Waals surface area contributed by atoms with E-state index >= 15 is 0 Å². The summed E-state index contributed by atoms with van der Waals surface area (Å²) in [6, 6.07) is 4.35. The van der Waals surface area contributed by atoms with Crippen LogP contribution in [-0.2, 0) is 6.54 Å². The van der Waals surface area contributed by atoms with Gasteiger partial charge in [-0.1, -0.05) is 17.7 Å². The Labute approximate surface area is 115 Å². The average Bonchev–Trinajstić information content (AvgIpc) is 2.70. The van der Waals surface area contributed by atoms with Crippen LogP contribution in [0.3, 0.4) is 0 Å². The first kappa shape index (κ1) is 13.8. The van der Waals surface area contributed by atoms with Crippen LogP contribution in [0.5, 0.6) is 5.75 Å². The summed E-state index contributed by atoms with van der Waals surface area (Å²) in [6.07, 6.45) is 0.646. The van der Waals surface area contributed by atoms with Crippen molar-refractivity contribution in [2.24, 2.45) is 0 Å². The van der Waals surface area contributed by atoms with Crippen molar-refractivity contribution in [2.75, 3.05) is 7.11 Å². The van der Waals surface area contributed by atoms with Crippen LogP contribution in [0.1, 0.15) is 17.4 Å². The number of hydrogen-bond donors (Lipinski definition) is 1. The number of ether oxygens (including phenoxy) is 1. The lowest BCUT2D eigenvalue weighted by atomic mass is 10.1. The Kier molecular flexibility index (Phi) is 4.07. The molecule has 1 aromatic carbocycles. The van der Waals surface area contributed by atoms with E-state index in [9.17, 15) is 9.50 Å². The molecule has 1 atom stereocenters. The smallest absolute Gasteiger partial charge is 0.165 e. The molecule has 1 unspecified atom stereocenters. The monoisotopic (exact) mass is 284 g/mol. The van der Waals surface area contributed by atoms with Gasteiger partial charge in [-0.25, -0.2) is 4.39 Å². The third-order valence-corrected chi connectivity index (χ3v) is 3.32. The molecule has 102 valence electrons. The molecule has 0 aliphatic heterocycles. The Bertz CT molecular complexity index is 586. The second-order valence-electron chi connectivity index (χ2n) is 4.17. The van der Waals surface area contributed by atoms with Crippen LogP contribution >= 0.6 is 11.6 Å². The maximum Gasteiger partial charge on any atom is 0.165 e. The molecule has 1 N–H and O–H groups in total. The highest BCUT2D eigenvalue weighted by molar-refractivity contribution is 6.31. The van der Waals surface area contributed by atoms with E-state index in [-0.39, 0.29) is 12.3 Å². The molecule has 1 heterocycles. The number of aliphatic hydroxyl groups is 1. The average molecular weight is 285 g/mol. The van der Waals surface area contributed by atoms with E-state index < -0.39 is 11.9 Å². The molecular formula is C13H14ClFN2O2. The van der Waals surface area contributed by atoms with Crippen molar-refractivity contribution in [3.05, 3.63) is 46.5 Å². The van der Waals surface area contributed by atoms with E-state index in [4.69, 9.17) is 16.3 Å². The summed E-state index contributed by atoms with van der Waals surface area (Å²) in [5.74, 6) is -0.358. The molecule has 0 amide bonds. The van der Waals surface area contributed by atoms with Crippen LogP contribution in [0.4, 0.5) is 4.39 Å². The van der Waals surface area contributed by atoms with Gasteiger partial charge in [0.05, 0.1) is 36.7 Å². The Morgan fingerprint density at radius 3 is 2.79 bits per heavy atom. The summed E-state index contributed by atoms with van der Waals surface area (Å²) in [5, 5.41) is 14.7. The van der Waals surface area contributed by atoms with Gasteiger partial charge in [-0.3, -0.25) is 4.68 Å². The molecule has 0 spiro atoms. The number of aromatic nitrogens is 2. The van der Waals surface area contributed by atoms with Gasteiger partial charge in [-0.2, -0.15) is 5.10 Å². The van der Waals surface area contributed by atoms with Gasteiger partial charge in [0.1, 0.15) is 0 Å². The molecule has 4 nitrogen and oxygen atoms in total. The lowest BCUT2D eigenvalue weighted by Gasteiger charge is -2.13. The lowest BCUT2D eigenvalue weighted by Crippen LogP contribution is -2.11. The van der Waals surface area contributed by atoms with Crippen molar-refractivity contribution in [3.8, 4) is 5.75 Å². The molecule has 0 saturated heterocycles. The molecule has 0 fully saturated rings. The molecule has 19 heavy (non-hydrogen) atoms. The molecule has 0 saturated carbocycles. The number of nitrogens with zero attached hydrogens (tertiary/aromatic N) is 2. The molecule has 6 heteroatoms. The van der Waals surface area contributed by atoms with Crippen molar-refractivity contribution < 1.29 is 14.2 Å². The van der Waals surface area contributed by atoms with Gasteiger partial charge in [0.25, 0.3) is 0 Å². The summed E-state index contributed by atoms with van der Waals surface area (Å²) in [4.78, 5) is 0. The highest BCUT2D eigenvalue weighted by atomic mass is 35.5. The number of aliphatic hydroxyl groups excluding tert-OH is 1. The van der Waals surface area contributed by atoms with Gasteiger partial charge in [0.2, 0.25) is 0 Å². The first-order valence-corrected chi connectivity index (χ1v) is 6.10. The van der Waals surface area contributed by atoms with Crippen LogP contribution in [0, 0.1) is 12.7 Å². The quantitative estimate of drug-likeness (QED) is 0.939. The second-order valence-corrected chi connectivity index (χ2v) is 4.58. The normalized spacial score (nSPS) is 12.5. The molecule has 1 aromatic heterocycles. The molecule has 0 aliphatic carbocycles. The number of rotatable bonds is 4. The van der Waals surface area contributed by atoms with E-state index in [0.29, 0.717) is 10.6 Å². The summed E-state index contributed by atoms with van der Waals surface area (Å²) in [7, 11) is 1.39. The van der Waals surface area contributed by atoms with Crippen LogP contribution < -0.4 is 4.74 Å². The van der Waals surface area contributed by atoms with Crippen molar-refractivity contribution in [2.45, 2.75) is 19.6 Å². The third kappa shape index (κ3) is 2.88. The van der Waals surface area contributed by atoms with E-state index in [0.717, 1.165) is 5.69 Å². The minimum Gasteiger partial charge on any atom is -0.494 e. The van der Waals surface area contributed by atoms with Crippen molar-refractivity contribution >= 4 is 11.6 Å². The van der Waals surface area contributed by atoms with Gasteiger partial charge < -0.3 is 9.84 Å². The minimum atomic E-state index is -0.866. The van der Waals surface area contributed by atoms with E-state index in [1.165, 1.54) is 25.4 Å². The number of hydrogen-bond acceptors (Lipinski definition) is 3. The zero-order valence-corrected chi connectivity index (χ0v) is 11.4. The SMILES string of the molecule is COc1ccc(C(O)Cn2ncc(Cl)c2C)cc1F. The third-order valence-electron chi connectivity index (χ3n) is 2.95. The van der Waals surface area contributed by atoms with Crippen LogP contribution in [0.15, 0.2) is 24.4 Å². The summed E-state index contributed by atoms with van der Waals surface area (Å²) in [6.45, 7) is 2.01. The fourth-order valence-electron chi connectivity index (χ4n) is 1.77. The molecule has 0 radical (unpaired) electrons. The van der Waals surface area contributed by atoms with Crippen molar-refractivity contribution in [1.82, 2.24) is 9.78 Å². The van der Waals surface area contributed by atoms with Gasteiger partial charge in [-0.15, -0.1) is 0 Å².